The van der Waals surface area contributed by atoms with Crippen LogP contribution in [0.4, 0.5) is 0 Å². The number of carbonyl (C=O) groups excluding carboxylic acids is 7. The summed E-state index contributed by atoms with van der Waals surface area (Å²) in [5, 5.41) is 0. The molecule has 0 bridgehead atoms. The zero-order chi connectivity index (χ0) is 53.3. The van der Waals surface area contributed by atoms with Gasteiger partial charge in [-0.2, -0.15) is 0 Å². The molecule has 378 valence electrons. The second kappa shape index (κ2) is 30.5. The van der Waals surface area contributed by atoms with Crippen LogP contribution in [0.15, 0.2) is 60.7 Å². The molecule has 0 N–H and O–H groups in total. The lowest BCUT2D eigenvalue weighted by Gasteiger charge is -2.20. The lowest BCUT2D eigenvalue weighted by atomic mass is 9.82. The van der Waals surface area contributed by atoms with E-state index in [4.69, 9.17) is 0 Å². The van der Waals surface area contributed by atoms with Gasteiger partial charge in [0.25, 0.3) is 0 Å². The fourth-order valence-electron chi connectivity index (χ4n) is 5.27. The Kier molecular flexibility index (Phi) is 31.7. The molecule has 2 aromatic carbocycles. The topological polar surface area (TPSA) is 119 Å². The molecule has 0 saturated heterocycles. The first-order chi connectivity index (χ1) is 29.4. The van der Waals surface area contributed by atoms with Crippen LogP contribution in [0.5, 0.6) is 0 Å². The first kappa shape index (κ1) is 68.7. The predicted octanol–water partition coefficient (Wildman–Crippen LogP) is 15.7. The van der Waals surface area contributed by atoms with Crippen LogP contribution in [0.1, 0.15) is 221 Å². The van der Waals surface area contributed by atoms with E-state index in [9.17, 15) is 33.6 Å². The number of hydrogen-bond acceptors (Lipinski definition) is 7. The highest BCUT2D eigenvalue weighted by Gasteiger charge is 2.31. The highest BCUT2D eigenvalue weighted by Crippen LogP contribution is 2.32. The summed E-state index contributed by atoms with van der Waals surface area (Å²) >= 11 is 0. The van der Waals surface area contributed by atoms with Crippen LogP contribution in [-0.4, -0.2) is 41.0 Å². The summed E-state index contributed by atoms with van der Waals surface area (Å²) in [4.78, 5) is 77.3. The summed E-state index contributed by atoms with van der Waals surface area (Å²) < 4.78 is 0. The third-order valence-electron chi connectivity index (χ3n) is 10.1. The van der Waals surface area contributed by atoms with Gasteiger partial charge in [-0.05, 0) is 25.3 Å². The van der Waals surface area contributed by atoms with Crippen molar-refractivity contribution in [3.05, 3.63) is 71.8 Å². The number of hydrogen-bond donors (Lipinski definition) is 0. The molecule has 1 saturated carbocycles. The molecule has 0 spiro atoms. The smallest absolute Gasteiger partial charge is 0.168 e. The standard InChI is InChI=1S/C12H16O.C11H14O.C10H18O.C8H16O.C7H14O.C6H12O.C5H10O/c1-12(2,3)11(13)9-10-7-5-4-6-8-10;1-11(2,3)10(12)9-7-5-4-6-8-9;1-10(2,3)9(11)8-6-4-5-7-8;1-6(2)7(9)8(3,4)5;1-5-6(8)7(2,3)4;1-5(7)6(2,3)4;1-5(2,3)4-6/h4-8H,9H2,1-3H3;4-8H,1-3H3;8H,4-7H2,1-3H3;6H,1-5H3;5H2,1-4H3;1-4H3;4H,1-3H3. The minimum atomic E-state index is -0.276. The van der Waals surface area contributed by atoms with Crippen molar-refractivity contribution in [2.75, 3.05) is 0 Å². The lowest BCUT2D eigenvalue weighted by Crippen LogP contribution is -2.26. The number of aldehydes is 1. The fraction of sp³-hybridized carbons (Fsp3) is 0.678. The summed E-state index contributed by atoms with van der Waals surface area (Å²) in [7, 11) is 0. The Morgan fingerprint density at radius 2 is 0.879 bits per heavy atom. The molecule has 66 heavy (non-hydrogen) atoms. The van der Waals surface area contributed by atoms with Gasteiger partial charge >= 0.3 is 0 Å². The Hall–Kier alpha value is -3.87. The maximum atomic E-state index is 11.7. The third kappa shape index (κ3) is 36.3. The monoisotopic (exact) mass is 921 g/mol. The van der Waals surface area contributed by atoms with Crippen LogP contribution in [0.2, 0.25) is 0 Å². The van der Waals surface area contributed by atoms with Crippen LogP contribution >= 0.6 is 0 Å². The van der Waals surface area contributed by atoms with E-state index in [1.807, 2.05) is 227 Å². The molecule has 3 rings (SSSR count). The highest BCUT2D eigenvalue weighted by molar-refractivity contribution is 5.99. The second-order valence-electron chi connectivity index (χ2n) is 25.0. The molecule has 0 radical (unpaired) electrons. The first-order valence-corrected chi connectivity index (χ1v) is 24.1. The zero-order valence-electron chi connectivity index (χ0n) is 47.1. The predicted molar refractivity (Wildman–Crippen MR) is 281 cm³/mol. The van der Waals surface area contributed by atoms with Crippen LogP contribution in [0, 0.1) is 49.7 Å². The number of benzene rings is 2. The Bertz CT molecular complexity index is 1710. The van der Waals surface area contributed by atoms with Crippen molar-refractivity contribution in [1.29, 1.82) is 0 Å². The van der Waals surface area contributed by atoms with Crippen LogP contribution in [0.25, 0.3) is 0 Å². The van der Waals surface area contributed by atoms with Gasteiger partial charge in [-0.15, -0.1) is 0 Å². The molecule has 2 aromatic rings. The molecule has 1 fully saturated rings. The van der Waals surface area contributed by atoms with E-state index in [0.29, 0.717) is 41.9 Å². The molecule has 0 aromatic heterocycles. The Morgan fingerprint density at radius 3 is 1.09 bits per heavy atom. The van der Waals surface area contributed by atoms with Crippen molar-refractivity contribution >= 4 is 41.0 Å². The van der Waals surface area contributed by atoms with Gasteiger partial charge < -0.3 is 4.79 Å². The Balaban J connectivity index is -0.000000345. The molecule has 7 nitrogen and oxygen atoms in total. The largest absolute Gasteiger partial charge is 0.303 e. The minimum Gasteiger partial charge on any atom is -0.303 e. The number of Topliss-reactive ketones (excluding diaryl/α,β-unsaturated/α-hetero) is 6. The Morgan fingerprint density at radius 1 is 0.530 bits per heavy atom. The first-order valence-electron chi connectivity index (χ1n) is 24.1. The summed E-state index contributed by atoms with van der Waals surface area (Å²) in [6, 6.07) is 19.3. The molecule has 7 heteroatoms. The molecular weight excluding hydrogens is 821 g/mol. The van der Waals surface area contributed by atoms with Gasteiger partial charge in [0.15, 0.2) is 5.78 Å². The zero-order valence-corrected chi connectivity index (χ0v) is 47.1. The lowest BCUT2D eigenvalue weighted by molar-refractivity contribution is -0.130. The highest BCUT2D eigenvalue weighted by atomic mass is 16.1. The molecule has 0 atom stereocenters. The van der Waals surface area contributed by atoms with Crippen molar-refractivity contribution in [3.63, 3.8) is 0 Å². The molecule has 0 amide bonds. The van der Waals surface area contributed by atoms with Crippen molar-refractivity contribution in [2.24, 2.45) is 49.7 Å². The van der Waals surface area contributed by atoms with Crippen LogP contribution < -0.4 is 0 Å². The van der Waals surface area contributed by atoms with Gasteiger partial charge in [-0.25, -0.2) is 0 Å². The van der Waals surface area contributed by atoms with Gasteiger partial charge in [0.05, 0.1) is 0 Å². The van der Waals surface area contributed by atoms with Crippen molar-refractivity contribution in [3.8, 4) is 0 Å². The van der Waals surface area contributed by atoms with E-state index >= 15 is 0 Å². The fourth-order valence-corrected chi connectivity index (χ4v) is 5.27. The quantitative estimate of drug-likeness (QED) is 0.209. The van der Waals surface area contributed by atoms with E-state index in [0.717, 1.165) is 30.3 Å². The average Bonchev–Trinajstić information content (AvgIpc) is 3.71. The maximum absolute atomic E-state index is 11.7. The van der Waals surface area contributed by atoms with E-state index in [1.54, 1.807) is 6.92 Å². The average molecular weight is 921 g/mol. The van der Waals surface area contributed by atoms with E-state index < -0.39 is 0 Å². The molecule has 0 unspecified atom stereocenters. The SMILES string of the molecule is CC(=O)C(C)(C)C.CC(C)(C)C(=O)C1CCCC1.CC(C)(C)C(=O)Cc1ccccc1.CC(C)(C)C(=O)c1ccccc1.CC(C)(C)C=O.CC(C)C(=O)C(C)(C)C.CCC(=O)C(C)(C)C. The van der Waals surface area contributed by atoms with E-state index in [1.165, 1.54) is 12.8 Å². The molecular formula is C59H100O7. The van der Waals surface area contributed by atoms with Gasteiger partial charge in [-0.1, -0.05) is 240 Å². The molecule has 1 aliphatic rings. The van der Waals surface area contributed by atoms with Crippen molar-refractivity contribution < 1.29 is 33.6 Å². The number of rotatable bonds is 6. The molecule has 0 heterocycles. The minimum absolute atomic E-state index is 0.116. The van der Waals surface area contributed by atoms with Crippen molar-refractivity contribution in [1.82, 2.24) is 0 Å². The number of ketones is 6. The Labute approximate surface area is 406 Å². The van der Waals surface area contributed by atoms with E-state index in [-0.39, 0.29) is 55.4 Å². The molecule has 0 aliphatic heterocycles. The van der Waals surface area contributed by atoms with Gasteiger partial charge in [0.1, 0.15) is 35.2 Å². The third-order valence-corrected chi connectivity index (χ3v) is 10.1. The number of carbonyl (C=O) groups is 7. The molecule has 1 aliphatic carbocycles. The second-order valence-corrected chi connectivity index (χ2v) is 25.0. The maximum Gasteiger partial charge on any atom is 0.168 e. The summed E-state index contributed by atoms with van der Waals surface area (Å²) in [5.41, 5.74) is 0.710. The summed E-state index contributed by atoms with van der Waals surface area (Å²) in [5.74, 6) is 2.42. The van der Waals surface area contributed by atoms with Gasteiger partial charge in [0.2, 0.25) is 0 Å². The van der Waals surface area contributed by atoms with E-state index in [2.05, 4.69) is 0 Å². The van der Waals surface area contributed by atoms with Crippen LogP contribution in [-0.2, 0) is 35.2 Å². The summed E-state index contributed by atoms with van der Waals surface area (Å²) in [6.45, 7) is 48.2. The summed E-state index contributed by atoms with van der Waals surface area (Å²) in [6.07, 6.45) is 6.92. The van der Waals surface area contributed by atoms with Crippen LogP contribution in [0.3, 0.4) is 0 Å². The normalized spacial score (nSPS) is 13.0. The van der Waals surface area contributed by atoms with Gasteiger partial charge in [0, 0.05) is 68.1 Å². The van der Waals surface area contributed by atoms with Crippen molar-refractivity contribution in [2.45, 2.75) is 212 Å². The van der Waals surface area contributed by atoms with Gasteiger partial charge in [-0.3, -0.25) is 28.8 Å².